The predicted molar refractivity (Wildman–Crippen MR) is 55.7 cm³/mol. The SMILES string of the molecule is Nc1ncc(-c2cc(Br)cc(F)c2O)o1. The van der Waals surface area contributed by atoms with Gasteiger partial charge in [-0.3, -0.25) is 0 Å². The number of hydrogen-bond acceptors (Lipinski definition) is 4. The van der Waals surface area contributed by atoms with Gasteiger partial charge in [0.2, 0.25) is 0 Å². The number of hydrogen-bond donors (Lipinski definition) is 2. The normalized spacial score (nSPS) is 10.5. The van der Waals surface area contributed by atoms with E-state index in [1.807, 2.05) is 0 Å². The quantitative estimate of drug-likeness (QED) is 0.837. The average molecular weight is 273 g/mol. The molecule has 0 atom stereocenters. The van der Waals surface area contributed by atoms with Gasteiger partial charge in [-0.25, -0.2) is 9.37 Å². The van der Waals surface area contributed by atoms with Gasteiger partial charge in [0.1, 0.15) is 0 Å². The van der Waals surface area contributed by atoms with Gasteiger partial charge in [0.25, 0.3) is 6.01 Å². The molecular formula is C9H6BrFN2O2. The van der Waals surface area contributed by atoms with Crippen molar-refractivity contribution in [3.05, 3.63) is 28.6 Å². The number of halogens is 2. The smallest absolute Gasteiger partial charge is 0.292 e. The molecule has 2 rings (SSSR count). The van der Waals surface area contributed by atoms with Crippen LogP contribution < -0.4 is 5.73 Å². The topological polar surface area (TPSA) is 72.3 Å². The molecule has 0 radical (unpaired) electrons. The summed E-state index contributed by atoms with van der Waals surface area (Å²) in [5, 5.41) is 9.46. The molecule has 1 aromatic heterocycles. The third-order valence-corrected chi connectivity index (χ3v) is 2.28. The zero-order chi connectivity index (χ0) is 11.0. The largest absolute Gasteiger partial charge is 0.504 e. The van der Waals surface area contributed by atoms with Crippen molar-refractivity contribution in [1.82, 2.24) is 4.98 Å². The van der Waals surface area contributed by atoms with Gasteiger partial charge in [-0.05, 0) is 12.1 Å². The zero-order valence-corrected chi connectivity index (χ0v) is 8.95. The Bertz CT molecular complexity index is 513. The second kappa shape index (κ2) is 3.54. The van der Waals surface area contributed by atoms with Crippen molar-refractivity contribution in [3.63, 3.8) is 0 Å². The summed E-state index contributed by atoms with van der Waals surface area (Å²) in [5.74, 6) is -1.02. The molecule has 2 aromatic rings. The number of nitrogens with zero attached hydrogens (tertiary/aromatic N) is 1. The average Bonchev–Trinajstić information content (AvgIpc) is 2.58. The Morgan fingerprint density at radius 3 is 2.80 bits per heavy atom. The molecule has 0 saturated heterocycles. The van der Waals surface area contributed by atoms with Gasteiger partial charge in [-0.1, -0.05) is 15.9 Å². The highest BCUT2D eigenvalue weighted by molar-refractivity contribution is 9.10. The zero-order valence-electron chi connectivity index (χ0n) is 7.37. The second-order valence-corrected chi connectivity index (χ2v) is 3.76. The van der Waals surface area contributed by atoms with Crippen LogP contribution in [0.5, 0.6) is 5.75 Å². The monoisotopic (exact) mass is 272 g/mol. The van der Waals surface area contributed by atoms with Crippen LogP contribution in [0.3, 0.4) is 0 Å². The molecule has 0 amide bonds. The molecule has 0 spiro atoms. The molecule has 15 heavy (non-hydrogen) atoms. The summed E-state index contributed by atoms with van der Waals surface area (Å²) < 4.78 is 18.6. The molecule has 3 N–H and O–H groups in total. The number of aromatic nitrogens is 1. The molecule has 0 aliphatic heterocycles. The molecule has 0 aliphatic carbocycles. The van der Waals surface area contributed by atoms with Gasteiger partial charge >= 0.3 is 0 Å². The van der Waals surface area contributed by atoms with Crippen LogP contribution in [0.2, 0.25) is 0 Å². The lowest BCUT2D eigenvalue weighted by atomic mass is 10.1. The first-order chi connectivity index (χ1) is 7.08. The number of anilines is 1. The summed E-state index contributed by atoms with van der Waals surface area (Å²) in [4.78, 5) is 3.66. The predicted octanol–water partition coefficient (Wildman–Crippen LogP) is 2.53. The molecule has 4 nitrogen and oxygen atoms in total. The fraction of sp³-hybridized carbons (Fsp3) is 0. The Kier molecular flexibility index (Phi) is 2.36. The number of phenolic OH excluding ortho intramolecular Hbond substituents is 1. The molecule has 0 bridgehead atoms. The first-order valence-corrected chi connectivity index (χ1v) is 4.77. The number of oxazole rings is 1. The standard InChI is InChI=1S/C9H6BrFN2O2/c10-4-1-5(8(14)6(11)2-4)7-3-13-9(12)15-7/h1-3,14H,(H2,12,13). The number of phenols is 1. The molecule has 0 unspecified atom stereocenters. The highest BCUT2D eigenvalue weighted by Crippen LogP contribution is 2.34. The third kappa shape index (κ3) is 1.80. The third-order valence-electron chi connectivity index (χ3n) is 1.82. The minimum absolute atomic E-state index is 0.0372. The van der Waals surface area contributed by atoms with Crippen LogP contribution in [0.1, 0.15) is 0 Å². The van der Waals surface area contributed by atoms with E-state index in [0.29, 0.717) is 4.47 Å². The van der Waals surface area contributed by atoms with Crippen LogP contribution in [0.15, 0.2) is 27.2 Å². The van der Waals surface area contributed by atoms with E-state index in [4.69, 9.17) is 10.2 Å². The Morgan fingerprint density at radius 2 is 2.20 bits per heavy atom. The number of nitrogen functional groups attached to an aromatic ring is 1. The lowest BCUT2D eigenvalue weighted by molar-refractivity contribution is 0.432. The van der Waals surface area contributed by atoms with Crippen LogP contribution in [0.25, 0.3) is 11.3 Å². The summed E-state index contributed by atoms with van der Waals surface area (Å²) in [5.41, 5.74) is 5.48. The molecule has 1 heterocycles. The van der Waals surface area contributed by atoms with Crippen LogP contribution >= 0.6 is 15.9 Å². The summed E-state index contributed by atoms with van der Waals surface area (Å²) in [7, 11) is 0. The van der Waals surface area contributed by atoms with Crippen molar-refractivity contribution < 1.29 is 13.9 Å². The molecule has 0 saturated carbocycles. The van der Waals surface area contributed by atoms with Crippen molar-refractivity contribution in [1.29, 1.82) is 0 Å². The van der Waals surface area contributed by atoms with E-state index in [0.717, 1.165) is 6.07 Å². The number of aromatic hydroxyl groups is 1. The van der Waals surface area contributed by atoms with Crippen LogP contribution in [-0.4, -0.2) is 10.1 Å². The Morgan fingerprint density at radius 1 is 1.47 bits per heavy atom. The molecule has 78 valence electrons. The van der Waals surface area contributed by atoms with E-state index < -0.39 is 11.6 Å². The van der Waals surface area contributed by atoms with Gasteiger partial charge in [-0.2, -0.15) is 0 Å². The number of rotatable bonds is 1. The molecule has 0 aliphatic rings. The number of benzene rings is 1. The first-order valence-electron chi connectivity index (χ1n) is 3.97. The van der Waals surface area contributed by atoms with Crippen molar-refractivity contribution >= 4 is 21.9 Å². The van der Waals surface area contributed by atoms with Crippen molar-refractivity contribution in [2.24, 2.45) is 0 Å². The van der Waals surface area contributed by atoms with E-state index in [9.17, 15) is 9.50 Å². The van der Waals surface area contributed by atoms with Crippen molar-refractivity contribution in [3.8, 4) is 17.1 Å². The van der Waals surface area contributed by atoms with E-state index in [1.165, 1.54) is 12.3 Å². The maximum atomic E-state index is 13.2. The van der Waals surface area contributed by atoms with Gasteiger partial charge in [0, 0.05) is 4.47 Å². The summed E-state index contributed by atoms with van der Waals surface area (Å²) >= 11 is 3.11. The fourth-order valence-corrected chi connectivity index (χ4v) is 1.60. The Balaban J connectivity index is 2.62. The highest BCUT2D eigenvalue weighted by Gasteiger charge is 2.14. The maximum absolute atomic E-state index is 13.2. The van der Waals surface area contributed by atoms with E-state index in [-0.39, 0.29) is 17.3 Å². The molecule has 1 aromatic carbocycles. The van der Waals surface area contributed by atoms with Crippen LogP contribution in [-0.2, 0) is 0 Å². The lowest BCUT2D eigenvalue weighted by Crippen LogP contribution is -1.83. The summed E-state index contributed by atoms with van der Waals surface area (Å²) in [6, 6.07) is 2.63. The number of nitrogens with two attached hydrogens (primary N) is 1. The van der Waals surface area contributed by atoms with Crippen molar-refractivity contribution in [2.45, 2.75) is 0 Å². The lowest BCUT2D eigenvalue weighted by Gasteiger charge is -2.02. The highest BCUT2D eigenvalue weighted by atomic mass is 79.9. The molecule has 6 heteroatoms. The minimum Gasteiger partial charge on any atom is -0.504 e. The van der Waals surface area contributed by atoms with Gasteiger partial charge < -0.3 is 15.3 Å². The van der Waals surface area contributed by atoms with E-state index in [2.05, 4.69) is 20.9 Å². The Labute approximate surface area is 92.7 Å². The van der Waals surface area contributed by atoms with E-state index in [1.54, 1.807) is 0 Å². The van der Waals surface area contributed by atoms with Crippen LogP contribution in [0.4, 0.5) is 10.4 Å². The summed E-state index contributed by atoms with van der Waals surface area (Å²) in [6.45, 7) is 0. The summed E-state index contributed by atoms with van der Waals surface area (Å²) in [6.07, 6.45) is 1.32. The Hall–Kier alpha value is -1.56. The van der Waals surface area contributed by atoms with Gasteiger partial charge in [-0.15, -0.1) is 0 Å². The maximum Gasteiger partial charge on any atom is 0.292 e. The van der Waals surface area contributed by atoms with E-state index >= 15 is 0 Å². The fourth-order valence-electron chi connectivity index (χ4n) is 1.17. The van der Waals surface area contributed by atoms with Crippen molar-refractivity contribution in [2.75, 3.05) is 5.73 Å². The molecule has 0 fully saturated rings. The van der Waals surface area contributed by atoms with Gasteiger partial charge in [0.05, 0.1) is 11.8 Å². The van der Waals surface area contributed by atoms with Gasteiger partial charge in [0.15, 0.2) is 17.3 Å². The second-order valence-electron chi connectivity index (χ2n) is 2.85. The molecular weight excluding hydrogens is 267 g/mol. The van der Waals surface area contributed by atoms with Crippen LogP contribution in [0, 0.1) is 5.82 Å². The minimum atomic E-state index is -0.741. The first kappa shape index (κ1) is 9.97.